The van der Waals surface area contributed by atoms with Crippen LogP contribution in [0.25, 0.3) is 0 Å². The van der Waals surface area contributed by atoms with Gasteiger partial charge in [-0.2, -0.15) is 0 Å². The van der Waals surface area contributed by atoms with Crippen molar-refractivity contribution in [2.45, 2.75) is 12.5 Å². The Morgan fingerprint density at radius 2 is 2.20 bits per heavy atom. The van der Waals surface area contributed by atoms with Crippen molar-refractivity contribution in [1.82, 2.24) is 0 Å². The van der Waals surface area contributed by atoms with Crippen molar-refractivity contribution in [2.75, 3.05) is 38.3 Å². The van der Waals surface area contributed by atoms with Gasteiger partial charge in [0.2, 0.25) is 0 Å². The fourth-order valence-corrected chi connectivity index (χ4v) is 2.19. The minimum absolute atomic E-state index is 0.127. The number of morpholine rings is 1. The van der Waals surface area contributed by atoms with Gasteiger partial charge in [0.05, 0.1) is 20.3 Å². The van der Waals surface area contributed by atoms with Gasteiger partial charge in [0.1, 0.15) is 11.9 Å². The van der Waals surface area contributed by atoms with Gasteiger partial charge >= 0.3 is 5.97 Å². The molecule has 0 radical (unpaired) electrons. The van der Waals surface area contributed by atoms with Crippen LogP contribution in [0.1, 0.15) is 5.56 Å². The fourth-order valence-electron chi connectivity index (χ4n) is 2.19. The Labute approximate surface area is 117 Å². The van der Waals surface area contributed by atoms with E-state index in [9.17, 15) is 9.18 Å². The number of benzene rings is 1. The van der Waals surface area contributed by atoms with Gasteiger partial charge in [0, 0.05) is 25.2 Å². The van der Waals surface area contributed by atoms with Crippen molar-refractivity contribution in [3.05, 3.63) is 29.6 Å². The Morgan fingerprint density at radius 1 is 1.50 bits per heavy atom. The Bertz CT molecular complexity index is 475. The molecule has 1 aliphatic rings. The van der Waals surface area contributed by atoms with Gasteiger partial charge in [0.25, 0.3) is 0 Å². The van der Waals surface area contributed by atoms with Crippen molar-refractivity contribution < 1.29 is 18.7 Å². The number of methoxy groups -OCH3 is 1. The normalized spacial score (nSPS) is 16.9. The summed E-state index contributed by atoms with van der Waals surface area (Å²) in [4.78, 5) is 13.3. The van der Waals surface area contributed by atoms with Gasteiger partial charge in [-0.1, -0.05) is 6.07 Å². The first-order valence-electron chi connectivity index (χ1n) is 6.56. The van der Waals surface area contributed by atoms with E-state index in [-0.39, 0.29) is 12.2 Å². The average Bonchev–Trinajstić information content (AvgIpc) is 2.49. The lowest BCUT2D eigenvalue weighted by Crippen LogP contribution is -2.36. The monoisotopic (exact) mass is 282 g/mol. The standard InChI is InChI=1S/C14H19FN2O3/c1-19-14(18)13(16)8-10-2-3-11(9-12(10)15)17-4-6-20-7-5-17/h2-3,9,13H,4-8,16H2,1H3. The van der Waals surface area contributed by atoms with Crippen molar-refractivity contribution in [3.63, 3.8) is 0 Å². The molecular weight excluding hydrogens is 263 g/mol. The molecule has 1 aromatic rings. The van der Waals surface area contributed by atoms with E-state index < -0.39 is 12.0 Å². The van der Waals surface area contributed by atoms with E-state index in [1.165, 1.54) is 13.2 Å². The molecule has 0 aliphatic carbocycles. The van der Waals surface area contributed by atoms with Crippen LogP contribution in [-0.2, 0) is 20.7 Å². The van der Waals surface area contributed by atoms with E-state index in [1.807, 2.05) is 6.07 Å². The van der Waals surface area contributed by atoms with Crippen LogP contribution in [0.3, 0.4) is 0 Å². The molecule has 20 heavy (non-hydrogen) atoms. The summed E-state index contributed by atoms with van der Waals surface area (Å²) in [6.07, 6.45) is 0.127. The highest BCUT2D eigenvalue weighted by Gasteiger charge is 2.18. The Hall–Kier alpha value is -1.66. The molecule has 1 atom stereocenters. The summed E-state index contributed by atoms with van der Waals surface area (Å²) < 4.78 is 23.9. The summed E-state index contributed by atoms with van der Waals surface area (Å²) in [5.41, 5.74) is 6.88. The van der Waals surface area contributed by atoms with E-state index in [0.717, 1.165) is 18.8 Å². The molecule has 6 heteroatoms. The van der Waals surface area contributed by atoms with Crippen LogP contribution >= 0.6 is 0 Å². The number of halogens is 1. The highest BCUT2D eigenvalue weighted by molar-refractivity contribution is 5.75. The summed E-state index contributed by atoms with van der Waals surface area (Å²) in [7, 11) is 1.26. The molecule has 110 valence electrons. The largest absolute Gasteiger partial charge is 0.468 e. The minimum atomic E-state index is -0.844. The molecule has 1 fully saturated rings. The number of anilines is 1. The molecule has 1 unspecified atom stereocenters. The van der Waals surface area contributed by atoms with Crippen molar-refractivity contribution in [3.8, 4) is 0 Å². The van der Waals surface area contributed by atoms with Gasteiger partial charge < -0.3 is 20.1 Å². The number of rotatable bonds is 4. The zero-order valence-electron chi connectivity index (χ0n) is 11.5. The lowest BCUT2D eigenvalue weighted by Gasteiger charge is -2.29. The minimum Gasteiger partial charge on any atom is -0.468 e. The molecule has 5 nitrogen and oxygen atoms in total. The maximum atomic E-state index is 14.1. The third-order valence-corrected chi connectivity index (χ3v) is 3.36. The first-order valence-corrected chi connectivity index (χ1v) is 6.56. The third kappa shape index (κ3) is 3.46. The molecule has 1 saturated heterocycles. The Morgan fingerprint density at radius 3 is 2.80 bits per heavy atom. The smallest absolute Gasteiger partial charge is 0.322 e. The highest BCUT2D eigenvalue weighted by atomic mass is 19.1. The number of esters is 1. The number of ether oxygens (including phenoxy) is 2. The molecule has 0 bridgehead atoms. The molecule has 1 aliphatic heterocycles. The van der Waals surface area contributed by atoms with Crippen LogP contribution in [-0.4, -0.2) is 45.4 Å². The molecule has 1 heterocycles. The van der Waals surface area contributed by atoms with Crippen molar-refractivity contribution in [2.24, 2.45) is 5.73 Å². The van der Waals surface area contributed by atoms with Crippen LogP contribution in [0.2, 0.25) is 0 Å². The van der Waals surface area contributed by atoms with Crippen LogP contribution in [0.4, 0.5) is 10.1 Å². The lowest BCUT2D eigenvalue weighted by molar-refractivity contribution is -0.142. The summed E-state index contributed by atoms with van der Waals surface area (Å²) in [6.45, 7) is 2.80. The second kappa shape index (κ2) is 6.67. The number of carbonyl (C=O) groups excluding carboxylic acids is 1. The van der Waals surface area contributed by atoms with Crippen molar-refractivity contribution in [1.29, 1.82) is 0 Å². The van der Waals surface area contributed by atoms with Gasteiger partial charge in [-0.15, -0.1) is 0 Å². The Balaban J connectivity index is 2.07. The van der Waals surface area contributed by atoms with Gasteiger partial charge in [-0.25, -0.2) is 4.39 Å². The van der Waals surface area contributed by atoms with Crippen LogP contribution in [0, 0.1) is 5.82 Å². The molecule has 0 spiro atoms. The number of nitrogens with zero attached hydrogens (tertiary/aromatic N) is 1. The van der Waals surface area contributed by atoms with Crippen molar-refractivity contribution >= 4 is 11.7 Å². The number of hydrogen-bond donors (Lipinski definition) is 1. The summed E-state index contributed by atoms with van der Waals surface area (Å²) in [6, 6.07) is 4.14. The molecule has 1 aromatic carbocycles. The third-order valence-electron chi connectivity index (χ3n) is 3.36. The van der Waals surface area contributed by atoms with E-state index >= 15 is 0 Å². The van der Waals surface area contributed by atoms with E-state index in [0.29, 0.717) is 18.8 Å². The zero-order valence-corrected chi connectivity index (χ0v) is 11.5. The Kier molecular flexibility index (Phi) is 4.92. The van der Waals surface area contributed by atoms with Crippen LogP contribution in [0.15, 0.2) is 18.2 Å². The first kappa shape index (κ1) is 14.7. The molecule has 0 amide bonds. The summed E-state index contributed by atoms with van der Waals surface area (Å²) in [5.74, 6) is -0.894. The second-order valence-corrected chi connectivity index (χ2v) is 4.71. The summed E-state index contributed by atoms with van der Waals surface area (Å²) in [5, 5.41) is 0. The predicted molar refractivity (Wildman–Crippen MR) is 73.1 cm³/mol. The zero-order chi connectivity index (χ0) is 14.5. The highest BCUT2D eigenvalue weighted by Crippen LogP contribution is 2.20. The topological polar surface area (TPSA) is 64.8 Å². The van der Waals surface area contributed by atoms with E-state index in [1.54, 1.807) is 6.07 Å². The van der Waals surface area contributed by atoms with Gasteiger partial charge in [-0.3, -0.25) is 4.79 Å². The molecule has 0 saturated carbocycles. The maximum Gasteiger partial charge on any atom is 0.322 e. The average molecular weight is 282 g/mol. The molecule has 2 rings (SSSR count). The first-order chi connectivity index (χ1) is 9.61. The maximum absolute atomic E-state index is 14.1. The number of carbonyl (C=O) groups is 1. The molecule has 2 N–H and O–H groups in total. The van der Waals surface area contributed by atoms with Gasteiger partial charge in [0.15, 0.2) is 0 Å². The predicted octanol–water partition coefficient (Wildman–Crippen LogP) is 0.705. The van der Waals surface area contributed by atoms with E-state index in [2.05, 4.69) is 9.64 Å². The van der Waals surface area contributed by atoms with Gasteiger partial charge in [-0.05, 0) is 17.7 Å². The number of hydrogen-bond acceptors (Lipinski definition) is 5. The second-order valence-electron chi connectivity index (χ2n) is 4.71. The molecule has 0 aromatic heterocycles. The van der Waals surface area contributed by atoms with E-state index in [4.69, 9.17) is 10.5 Å². The van der Waals surface area contributed by atoms with Crippen LogP contribution < -0.4 is 10.6 Å². The van der Waals surface area contributed by atoms with Crippen LogP contribution in [0.5, 0.6) is 0 Å². The lowest BCUT2D eigenvalue weighted by atomic mass is 10.1. The molecular formula is C14H19FN2O3. The number of nitrogens with two attached hydrogens (primary N) is 1. The summed E-state index contributed by atoms with van der Waals surface area (Å²) >= 11 is 0. The fraction of sp³-hybridized carbons (Fsp3) is 0.500. The SMILES string of the molecule is COC(=O)C(N)Cc1ccc(N2CCOCC2)cc1F. The quantitative estimate of drug-likeness (QED) is 0.824.